The van der Waals surface area contributed by atoms with Gasteiger partial charge in [-0.1, -0.05) is 6.42 Å². The normalized spacial score (nSPS) is 29.6. The SMILES string of the molecule is CCOC(=O)C1CCCN1CCC1CCCCN1C. The second-order valence-electron chi connectivity index (χ2n) is 5.86. The van der Waals surface area contributed by atoms with Gasteiger partial charge in [-0.15, -0.1) is 0 Å². The van der Waals surface area contributed by atoms with Crippen LogP contribution in [0.5, 0.6) is 0 Å². The second kappa shape index (κ2) is 7.25. The first-order chi connectivity index (χ1) is 9.22. The molecule has 110 valence electrons. The van der Waals surface area contributed by atoms with Gasteiger partial charge in [0.05, 0.1) is 6.61 Å². The molecule has 2 aliphatic heterocycles. The van der Waals surface area contributed by atoms with Crippen LogP contribution in [-0.2, 0) is 9.53 Å². The molecule has 0 radical (unpaired) electrons. The fraction of sp³-hybridized carbons (Fsp3) is 0.933. The molecule has 2 saturated heterocycles. The van der Waals surface area contributed by atoms with Gasteiger partial charge in [0.1, 0.15) is 6.04 Å². The van der Waals surface area contributed by atoms with Crippen LogP contribution in [0.15, 0.2) is 0 Å². The maximum atomic E-state index is 11.9. The molecule has 2 atom stereocenters. The standard InChI is InChI=1S/C15H28N2O2/c1-3-19-15(18)14-8-6-11-17(14)12-9-13-7-4-5-10-16(13)2/h13-14H,3-12H2,1-2H3. The first kappa shape index (κ1) is 14.8. The number of esters is 1. The van der Waals surface area contributed by atoms with E-state index in [-0.39, 0.29) is 12.0 Å². The van der Waals surface area contributed by atoms with Crippen LogP contribution < -0.4 is 0 Å². The topological polar surface area (TPSA) is 32.8 Å². The number of ether oxygens (including phenoxy) is 1. The van der Waals surface area contributed by atoms with E-state index in [2.05, 4.69) is 16.8 Å². The third-order valence-corrected chi connectivity index (χ3v) is 4.59. The molecule has 2 unspecified atom stereocenters. The molecular formula is C15H28N2O2. The third kappa shape index (κ3) is 3.93. The van der Waals surface area contributed by atoms with Crippen LogP contribution in [0.3, 0.4) is 0 Å². The van der Waals surface area contributed by atoms with Crippen molar-refractivity contribution in [3.05, 3.63) is 0 Å². The van der Waals surface area contributed by atoms with Gasteiger partial charge in [0, 0.05) is 12.6 Å². The minimum atomic E-state index is -0.0167. The average molecular weight is 268 g/mol. The van der Waals surface area contributed by atoms with Gasteiger partial charge in [-0.3, -0.25) is 9.69 Å². The van der Waals surface area contributed by atoms with Gasteiger partial charge in [0.25, 0.3) is 0 Å². The zero-order chi connectivity index (χ0) is 13.7. The van der Waals surface area contributed by atoms with E-state index < -0.39 is 0 Å². The molecule has 2 aliphatic rings. The molecule has 19 heavy (non-hydrogen) atoms. The molecule has 0 saturated carbocycles. The number of nitrogens with zero attached hydrogens (tertiary/aromatic N) is 2. The van der Waals surface area contributed by atoms with Crippen LogP contribution in [0.4, 0.5) is 0 Å². The van der Waals surface area contributed by atoms with Crippen molar-refractivity contribution in [3.63, 3.8) is 0 Å². The second-order valence-corrected chi connectivity index (χ2v) is 5.86. The quantitative estimate of drug-likeness (QED) is 0.713. The maximum Gasteiger partial charge on any atom is 0.323 e. The molecule has 0 aliphatic carbocycles. The van der Waals surface area contributed by atoms with Gasteiger partial charge in [-0.05, 0) is 59.2 Å². The molecule has 0 aromatic heterocycles. The first-order valence-corrected chi connectivity index (χ1v) is 7.83. The highest BCUT2D eigenvalue weighted by atomic mass is 16.5. The summed E-state index contributed by atoms with van der Waals surface area (Å²) in [6.45, 7) is 5.70. The Bertz CT molecular complexity index is 296. The summed E-state index contributed by atoms with van der Waals surface area (Å²) >= 11 is 0. The smallest absolute Gasteiger partial charge is 0.323 e. The average Bonchev–Trinajstić information content (AvgIpc) is 2.86. The van der Waals surface area contributed by atoms with Crippen molar-refractivity contribution in [2.45, 2.75) is 57.5 Å². The van der Waals surface area contributed by atoms with E-state index in [0.29, 0.717) is 12.6 Å². The molecule has 4 heteroatoms. The molecule has 2 heterocycles. The number of hydrogen-bond donors (Lipinski definition) is 0. The van der Waals surface area contributed by atoms with E-state index in [1.807, 2.05) is 6.92 Å². The van der Waals surface area contributed by atoms with Gasteiger partial charge in [0.15, 0.2) is 0 Å². The molecule has 0 amide bonds. The van der Waals surface area contributed by atoms with Gasteiger partial charge >= 0.3 is 5.97 Å². The fourth-order valence-electron chi connectivity index (χ4n) is 3.42. The van der Waals surface area contributed by atoms with E-state index in [1.165, 1.54) is 32.2 Å². The molecule has 2 fully saturated rings. The highest BCUT2D eigenvalue weighted by molar-refractivity contribution is 5.76. The molecule has 2 rings (SSSR count). The molecular weight excluding hydrogens is 240 g/mol. The number of rotatable bonds is 5. The van der Waals surface area contributed by atoms with Crippen LogP contribution >= 0.6 is 0 Å². The summed E-state index contributed by atoms with van der Waals surface area (Å²) in [6, 6.07) is 0.728. The van der Waals surface area contributed by atoms with E-state index >= 15 is 0 Å². The zero-order valence-corrected chi connectivity index (χ0v) is 12.4. The lowest BCUT2D eigenvalue weighted by atomic mass is 10.00. The predicted molar refractivity (Wildman–Crippen MR) is 76.1 cm³/mol. The highest BCUT2D eigenvalue weighted by Gasteiger charge is 2.32. The van der Waals surface area contributed by atoms with E-state index in [1.54, 1.807) is 0 Å². The summed E-state index contributed by atoms with van der Waals surface area (Å²) in [5.74, 6) is -0.0167. The van der Waals surface area contributed by atoms with Gasteiger partial charge in [0.2, 0.25) is 0 Å². The summed E-state index contributed by atoms with van der Waals surface area (Å²) in [4.78, 5) is 16.7. The first-order valence-electron chi connectivity index (χ1n) is 7.83. The lowest BCUT2D eigenvalue weighted by Gasteiger charge is -2.34. The minimum Gasteiger partial charge on any atom is -0.465 e. The van der Waals surface area contributed by atoms with Crippen molar-refractivity contribution in [3.8, 4) is 0 Å². The lowest BCUT2D eigenvalue weighted by molar-refractivity contribution is -0.148. The Labute approximate surface area is 117 Å². The predicted octanol–water partition coefficient (Wildman–Crippen LogP) is 1.89. The van der Waals surface area contributed by atoms with E-state index in [0.717, 1.165) is 25.9 Å². The number of carbonyl (C=O) groups excluding carboxylic acids is 1. The Morgan fingerprint density at radius 2 is 2.05 bits per heavy atom. The lowest BCUT2D eigenvalue weighted by Crippen LogP contribution is -2.42. The van der Waals surface area contributed by atoms with Crippen LogP contribution in [0.25, 0.3) is 0 Å². The fourth-order valence-corrected chi connectivity index (χ4v) is 3.42. The molecule has 0 N–H and O–H groups in total. The van der Waals surface area contributed by atoms with Crippen molar-refractivity contribution in [2.24, 2.45) is 0 Å². The molecule has 0 bridgehead atoms. The number of piperidine rings is 1. The Hall–Kier alpha value is -0.610. The van der Waals surface area contributed by atoms with Gasteiger partial charge < -0.3 is 9.64 Å². The number of likely N-dealkylation sites (tertiary alicyclic amines) is 2. The minimum absolute atomic E-state index is 0.0167. The van der Waals surface area contributed by atoms with Crippen LogP contribution in [0.2, 0.25) is 0 Å². The Balaban J connectivity index is 1.79. The Kier molecular flexibility index (Phi) is 5.64. The van der Waals surface area contributed by atoms with Gasteiger partial charge in [-0.2, -0.15) is 0 Å². The summed E-state index contributed by atoms with van der Waals surface area (Å²) in [6.07, 6.45) is 7.29. The van der Waals surface area contributed by atoms with Crippen LogP contribution in [-0.4, -0.2) is 61.1 Å². The van der Waals surface area contributed by atoms with Gasteiger partial charge in [-0.25, -0.2) is 0 Å². The van der Waals surface area contributed by atoms with E-state index in [4.69, 9.17) is 4.74 Å². The summed E-state index contributed by atoms with van der Waals surface area (Å²) < 4.78 is 5.18. The summed E-state index contributed by atoms with van der Waals surface area (Å²) in [5.41, 5.74) is 0. The Morgan fingerprint density at radius 1 is 1.21 bits per heavy atom. The highest BCUT2D eigenvalue weighted by Crippen LogP contribution is 2.22. The summed E-state index contributed by atoms with van der Waals surface area (Å²) in [7, 11) is 2.23. The number of carbonyl (C=O) groups is 1. The van der Waals surface area contributed by atoms with Crippen molar-refractivity contribution in [1.29, 1.82) is 0 Å². The molecule has 0 spiro atoms. The Morgan fingerprint density at radius 3 is 2.79 bits per heavy atom. The van der Waals surface area contributed by atoms with Crippen molar-refractivity contribution in [1.82, 2.24) is 9.80 Å². The zero-order valence-electron chi connectivity index (χ0n) is 12.4. The molecule has 0 aromatic carbocycles. The summed E-state index contributed by atoms with van der Waals surface area (Å²) in [5, 5.41) is 0. The molecule has 0 aromatic rings. The van der Waals surface area contributed by atoms with E-state index in [9.17, 15) is 4.79 Å². The van der Waals surface area contributed by atoms with Crippen molar-refractivity contribution < 1.29 is 9.53 Å². The third-order valence-electron chi connectivity index (χ3n) is 4.59. The molecule has 4 nitrogen and oxygen atoms in total. The monoisotopic (exact) mass is 268 g/mol. The van der Waals surface area contributed by atoms with Crippen molar-refractivity contribution >= 4 is 5.97 Å². The van der Waals surface area contributed by atoms with Crippen LogP contribution in [0, 0.1) is 0 Å². The van der Waals surface area contributed by atoms with Crippen molar-refractivity contribution in [2.75, 3.05) is 33.3 Å². The number of hydrogen-bond acceptors (Lipinski definition) is 4. The van der Waals surface area contributed by atoms with Crippen LogP contribution in [0.1, 0.15) is 45.4 Å². The largest absolute Gasteiger partial charge is 0.465 e. The maximum absolute atomic E-state index is 11.9.